The molecule has 1 saturated carbocycles. The number of quaternary nitrogens is 2. The zero-order valence-corrected chi connectivity index (χ0v) is 15.6. The Balaban J connectivity index is 1.56. The molecule has 0 unspecified atom stereocenters. The van der Waals surface area contributed by atoms with Gasteiger partial charge in [0.2, 0.25) is 0 Å². The maximum atomic E-state index is 5.59. The van der Waals surface area contributed by atoms with Crippen molar-refractivity contribution in [1.82, 2.24) is 0 Å². The van der Waals surface area contributed by atoms with Gasteiger partial charge in [0, 0.05) is 6.42 Å². The summed E-state index contributed by atoms with van der Waals surface area (Å²) in [7, 11) is 3.45. The summed E-state index contributed by atoms with van der Waals surface area (Å²) >= 11 is 0. The third-order valence-electron chi connectivity index (χ3n) is 6.04. The molecule has 2 atom stereocenters. The van der Waals surface area contributed by atoms with Crippen LogP contribution < -0.4 is 19.3 Å². The summed E-state index contributed by atoms with van der Waals surface area (Å²) < 4.78 is 11.0. The fourth-order valence-corrected chi connectivity index (χ4v) is 4.68. The summed E-state index contributed by atoms with van der Waals surface area (Å²) in [5.74, 6) is 2.68. The monoisotopic (exact) mass is 334 g/mol. The van der Waals surface area contributed by atoms with E-state index in [2.05, 4.69) is 19.1 Å². The standard InChI is InChI=1S/C20H32N2O2/c1-16-6-4-8-18(14-16)22-12-10-21(11-13-22)15-17-7-5-9-19(23-2)20(17)24-3/h5,7,9,16,18H,4,6,8,10-15H2,1-3H3/p+2/t16-,18-/m1/s1. The van der Waals surface area contributed by atoms with Crippen LogP contribution in [0.5, 0.6) is 11.5 Å². The maximum absolute atomic E-state index is 5.59. The number of ether oxygens (including phenoxy) is 2. The van der Waals surface area contributed by atoms with Gasteiger partial charge >= 0.3 is 0 Å². The molecule has 2 fully saturated rings. The average molecular weight is 335 g/mol. The Bertz CT molecular complexity index is 526. The second-order valence-corrected chi connectivity index (χ2v) is 7.71. The second kappa shape index (κ2) is 8.21. The summed E-state index contributed by atoms with van der Waals surface area (Å²) in [6.45, 7) is 8.63. The van der Waals surface area contributed by atoms with Crippen molar-refractivity contribution in [1.29, 1.82) is 0 Å². The van der Waals surface area contributed by atoms with Crippen LogP contribution in [-0.4, -0.2) is 46.4 Å². The summed E-state index contributed by atoms with van der Waals surface area (Å²) in [5, 5.41) is 0. The van der Waals surface area contributed by atoms with E-state index in [-0.39, 0.29) is 0 Å². The number of piperazine rings is 1. The van der Waals surface area contributed by atoms with E-state index < -0.39 is 0 Å². The van der Waals surface area contributed by atoms with Gasteiger partial charge in [0.25, 0.3) is 0 Å². The van der Waals surface area contributed by atoms with Gasteiger partial charge in [-0.3, -0.25) is 0 Å². The molecule has 0 radical (unpaired) electrons. The summed E-state index contributed by atoms with van der Waals surface area (Å²) in [5.41, 5.74) is 1.27. The van der Waals surface area contributed by atoms with Crippen molar-refractivity contribution in [2.24, 2.45) is 5.92 Å². The molecule has 4 nitrogen and oxygen atoms in total. The zero-order valence-electron chi connectivity index (χ0n) is 15.6. The predicted octanol–water partition coefficient (Wildman–Crippen LogP) is 0.566. The fraction of sp³-hybridized carbons (Fsp3) is 0.700. The molecule has 4 heteroatoms. The highest BCUT2D eigenvalue weighted by Crippen LogP contribution is 2.30. The third kappa shape index (κ3) is 4.04. The molecule has 0 bridgehead atoms. The molecule has 3 rings (SSSR count). The Kier molecular flexibility index (Phi) is 6.01. The molecule has 1 heterocycles. The van der Waals surface area contributed by atoms with Crippen molar-refractivity contribution in [3.05, 3.63) is 23.8 Å². The largest absolute Gasteiger partial charge is 0.493 e. The van der Waals surface area contributed by atoms with Crippen LogP contribution in [-0.2, 0) is 6.54 Å². The first-order valence-corrected chi connectivity index (χ1v) is 9.59. The van der Waals surface area contributed by atoms with Crippen molar-refractivity contribution < 1.29 is 19.3 Å². The van der Waals surface area contributed by atoms with E-state index in [1.54, 1.807) is 19.1 Å². The molecule has 2 N–H and O–H groups in total. The van der Waals surface area contributed by atoms with Crippen LogP contribution in [0.15, 0.2) is 18.2 Å². The molecule has 1 aliphatic heterocycles. The van der Waals surface area contributed by atoms with Gasteiger partial charge in [0.1, 0.15) is 32.7 Å². The Morgan fingerprint density at radius 3 is 2.50 bits per heavy atom. The number of hydrogen-bond donors (Lipinski definition) is 2. The lowest BCUT2D eigenvalue weighted by atomic mass is 9.86. The molecule has 1 saturated heterocycles. The highest BCUT2D eigenvalue weighted by atomic mass is 16.5. The van der Waals surface area contributed by atoms with E-state index >= 15 is 0 Å². The Labute approximate surface area is 146 Å². The van der Waals surface area contributed by atoms with Crippen molar-refractivity contribution in [2.45, 2.75) is 45.2 Å². The van der Waals surface area contributed by atoms with Gasteiger partial charge in [-0.05, 0) is 30.9 Å². The van der Waals surface area contributed by atoms with Crippen LogP contribution >= 0.6 is 0 Å². The lowest BCUT2D eigenvalue weighted by Crippen LogP contribution is -3.29. The normalized spacial score (nSPS) is 30.8. The third-order valence-corrected chi connectivity index (χ3v) is 6.04. The predicted molar refractivity (Wildman–Crippen MR) is 96.1 cm³/mol. The minimum Gasteiger partial charge on any atom is -0.493 e. The second-order valence-electron chi connectivity index (χ2n) is 7.71. The van der Waals surface area contributed by atoms with E-state index in [0.717, 1.165) is 30.0 Å². The minimum absolute atomic E-state index is 0.842. The molecular formula is C20H34N2O2+2. The first kappa shape index (κ1) is 17.6. The van der Waals surface area contributed by atoms with Crippen molar-refractivity contribution in [2.75, 3.05) is 40.4 Å². The van der Waals surface area contributed by atoms with Gasteiger partial charge in [0.15, 0.2) is 11.5 Å². The van der Waals surface area contributed by atoms with Crippen molar-refractivity contribution in [3.63, 3.8) is 0 Å². The summed E-state index contributed by atoms with van der Waals surface area (Å²) in [4.78, 5) is 3.54. The lowest BCUT2D eigenvalue weighted by molar-refractivity contribution is -1.03. The number of benzene rings is 1. The molecule has 0 aromatic heterocycles. The number of methoxy groups -OCH3 is 2. The molecule has 1 aliphatic carbocycles. The van der Waals surface area contributed by atoms with Crippen LogP contribution in [0.4, 0.5) is 0 Å². The fourth-order valence-electron chi connectivity index (χ4n) is 4.68. The molecule has 0 spiro atoms. The van der Waals surface area contributed by atoms with E-state index in [1.807, 2.05) is 11.0 Å². The minimum atomic E-state index is 0.842. The van der Waals surface area contributed by atoms with Gasteiger partial charge in [-0.2, -0.15) is 0 Å². The van der Waals surface area contributed by atoms with E-state index in [1.165, 1.54) is 57.4 Å². The molecule has 2 aliphatic rings. The molecule has 134 valence electrons. The van der Waals surface area contributed by atoms with Crippen molar-refractivity contribution in [3.8, 4) is 11.5 Å². The lowest BCUT2D eigenvalue weighted by Gasteiger charge is -2.37. The molecule has 24 heavy (non-hydrogen) atoms. The van der Waals surface area contributed by atoms with E-state index in [0.29, 0.717) is 0 Å². The highest BCUT2D eigenvalue weighted by Gasteiger charge is 2.32. The Morgan fingerprint density at radius 2 is 1.83 bits per heavy atom. The van der Waals surface area contributed by atoms with E-state index in [4.69, 9.17) is 9.47 Å². The van der Waals surface area contributed by atoms with Crippen LogP contribution in [0.1, 0.15) is 38.2 Å². The van der Waals surface area contributed by atoms with Crippen molar-refractivity contribution >= 4 is 0 Å². The molecular weight excluding hydrogens is 300 g/mol. The molecule has 1 aromatic carbocycles. The summed E-state index contributed by atoms with van der Waals surface area (Å²) in [6.07, 6.45) is 5.76. The zero-order chi connectivity index (χ0) is 16.9. The van der Waals surface area contributed by atoms with Crippen LogP contribution in [0.25, 0.3) is 0 Å². The van der Waals surface area contributed by atoms with Crippen LogP contribution in [0, 0.1) is 5.92 Å². The van der Waals surface area contributed by atoms with Crippen LogP contribution in [0.2, 0.25) is 0 Å². The van der Waals surface area contributed by atoms with Gasteiger partial charge in [0.05, 0.1) is 25.8 Å². The first-order chi connectivity index (χ1) is 11.7. The van der Waals surface area contributed by atoms with Crippen LogP contribution in [0.3, 0.4) is 0 Å². The quantitative estimate of drug-likeness (QED) is 0.824. The molecule has 1 aromatic rings. The van der Waals surface area contributed by atoms with Gasteiger partial charge in [-0.25, -0.2) is 0 Å². The number of nitrogens with one attached hydrogen (secondary N) is 2. The van der Waals surface area contributed by atoms with E-state index in [9.17, 15) is 0 Å². The smallest absolute Gasteiger partial charge is 0.169 e. The van der Waals surface area contributed by atoms with Gasteiger partial charge < -0.3 is 19.3 Å². The maximum Gasteiger partial charge on any atom is 0.169 e. The van der Waals surface area contributed by atoms with Gasteiger partial charge in [-0.1, -0.05) is 19.4 Å². The number of hydrogen-bond acceptors (Lipinski definition) is 2. The average Bonchev–Trinajstić information content (AvgIpc) is 2.62. The first-order valence-electron chi connectivity index (χ1n) is 9.59. The SMILES string of the molecule is COc1cccc(C[NH+]2CC[NH+]([C@@H]3CCC[C@@H](C)C3)CC2)c1OC. The number of para-hydroxylation sites is 1. The number of rotatable bonds is 5. The molecule has 0 amide bonds. The topological polar surface area (TPSA) is 27.3 Å². The summed E-state index contributed by atoms with van der Waals surface area (Å²) in [6, 6.07) is 7.14. The Hall–Kier alpha value is -1.26. The van der Waals surface area contributed by atoms with Gasteiger partial charge in [-0.15, -0.1) is 0 Å². The highest BCUT2D eigenvalue weighted by molar-refractivity contribution is 5.46. The Morgan fingerprint density at radius 1 is 1.04 bits per heavy atom.